The fourth-order valence-corrected chi connectivity index (χ4v) is 3.69. The SMILES string of the molecule is Cc1[nH]c(=S)sc1CC(=O)N(C)Cc1cnn(-c2ccccc2)c1. The highest BCUT2D eigenvalue weighted by molar-refractivity contribution is 7.73. The molecule has 2 heterocycles. The summed E-state index contributed by atoms with van der Waals surface area (Å²) in [6.45, 7) is 2.47. The fraction of sp³-hybridized carbons (Fsp3) is 0.235. The molecule has 1 N–H and O–H groups in total. The van der Waals surface area contributed by atoms with Crippen LogP contribution in [0.1, 0.15) is 16.1 Å². The zero-order valence-corrected chi connectivity index (χ0v) is 15.2. The summed E-state index contributed by atoms with van der Waals surface area (Å²) in [5.74, 6) is 0.0656. The van der Waals surface area contributed by atoms with Crippen molar-refractivity contribution in [1.82, 2.24) is 19.7 Å². The van der Waals surface area contributed by atoms with Crippen molar-refractivity contribution in [3.05, 3.63) is 62.8 Å². The quantitative estimate of drug-likeness (QED) is 0.710. The molecule has 0 bridgehead atoms. The Kier molecular flexibility index (Phi) is 4.92. The number of carbonyl (C=O) groups is 1. The van der Waals surface area contributed by atoms with Crippen molar-refractivity contribution >= 4 is 29.5 Å². The maximum absolute atomic E-state index is 12.4. The minimum absolute atomic E-state index is 0.0656. The molecular weight excluding hydrogens is 340 g/mol. The summed E-state index contributed by atoms with van der Waals surface area (Å²) in [5.41, 5.74) is 2.97. The lowest BCUT2D eigenvalue weighted by Crippen LogP contribution is -2.27. The highest BCUT2D eigenvalue weighted by atomic mass is 32.1. The first kappa shape index (κ1) is 16.6. The Bertz CT molecular complexity index is 895. The molecule has 0 unspecified atom stereocenters. The molecule has 0 fully saturated rings. The number of likely N-dealkylation sites (N-methyl/N-ethyl adjacent to an activating group) is 1. The summed E-state index contributed by atoms with van der Waals surface area (Å²) in [6.07, 6.45) is 4.11. The maximum atomic E-state index is 12.4. The molecule has 2 aromatic heterocycles. The van der Waals surface area contributed by atoms with E-state index in [1.54, 1.807) is 11.1 Å². The van der Waals surface area contributed by atoms with Gasteiger partial charge in [0.25, 0.3) is 0 Å². The Labute approximate surface area is 149 Å². The summed E-state index contributed by atoms with van der Waals surface area (Å²) in [7, 11) is 1.81. The molecule has 0 aliphatic rings. The van der Waals surface area contributed by atoms with Gasteiger partial charge in [0.1, 0.15) is 0 Å². The van der Waals surface area contributed by atoms with Crippen molar-refractivity contribution < 1.29 is 4.79 Å². The Morgan fingerprint density at radius 3 is 2.79 bits per heavy atom. The van der Waals surface area contributed by atoms with Gasteiger partial charge < -0.3 is 9.88 Å². The highest BCUT2D eigenvalue weighted by Gasteiger charge is 2.14. The van der Waals surface area contributed by atoms with E-state index in [1.807, 2.05) is 55.2 Å². The van der Waals surface area contributed by atoms with Gasteiger partial charge in [-0.1, -0.05) is 18.2 Å². The number of nitrogens with zero attached hydrogens (tertiary/aromatic N) is 3. The standard InChI is InChI=1S/C17H18N4OS2/c1-12-15(24-17(23)19-12)8-16(22)20(2)10-13-9-18-21(11-13)14-6-4-3-5-7-14/h3-7,9,11H,8,10H2,1-2H3,(H,19,23). The predicted octanol–water partition coefficient (Wildman–Crippen LogP) is 3.50. The smallest absolute Gasteiger partial charge is 0.227 e. The number of hydrogen-bond donors (Lipinski definition) is 1. The molecule has 0 atom stereocenters. The van der Waals surface area contributed by atoms with Gasteiger partial charge in [-0.25, -0.2) is 4.68 Å². The monoisotopic (exact) mass is 358 g/mol. The summed E-state index contributed by atoms with van der Waals surface area (Å²) in [5, 5.41) is 4.36. The second kappa shape index (κ2) is 7.11. The Morgan fingerprint density at radius 1 is 1.38 bits per heavy atom. The third kappa shape index (κ3) is 3.80. The third-order valence-electron chi connectivity index (χ3n) is 3.74. The van der Waals surface area contributed by atoms with Crippen molar-refractivity contribution in [3.8, 4) is 5.69 Å². The number of thiazole rings is 1. The average Bonchev–Trinajstić information content (AvgIpc) is 3.15. The van der Waals surface area contributed by atoms with Crippen molar-refractivity contribution in [2.24, 2.45) is 0 Å². The number of benzene rings is 1. The summed E-state index contributed by atoms with van der Waals surface area (Å²) >= 11 is 6.58. The number of hydrogen-bond acceptors (Lipinski definition) is 4. The average molecular weight is 358 g/mol. The number of nitrogens with one attached hydrogen (secondary N) is 1. The number of carbonyl (C=O) groups excluding carboxylic acids is 1. The number of aromatic nitrogens is 3. The van der Waals surface area contributed by atoms with Crippen LogP contribution in [0.5, 0.6) is 0 Å². The third-order valence-corrected chi connectivity index (χ3v) is 5.07. The molecule has 0 aliphatic carbocycles. The van der Waals surface area contributed by atoms with Crippen LogP contribution < -0.4 is 0 Å². The van der Waals surface area contributed by atoms with Crippen LogP contribution in [0.3, 0.4) is 0 Å². The molecule has 1 aromatic carbocycles. The van der Waals surface area contributed by atoms with Crippen LogP contribution in [0.4, 0.5) is 0 Å². The van der Waals surface area contributed by atoms with Gasteiger partial charge >= 0.3 is 0 Å². The molecule has 0 spiro atoms. The summed E-state index contributed by atoms with van der Waals surface area (Å²) < 4.78 is 2.53. The lowest BCUT2D eigenvalue weighted by molar-refractivity contribution is -0.129. The van der Waals surface area contributed by atoms with E-state index in [-0.39, 0.29) is 5.91 Å². The first-order chi connectivity index (χ1) is 11.5. The Hall–Kier alpha value is -2.25. The number of amides is 1. The normalized spacial score (nSPS) is 10.8. The topological polar surface area (TPSA) is 53.9 Å². The molecule has 124 valence electrons. The van der Waals surface area contributed by atoms with E-state index >= 15 is 0 Å². The lowest BCUT2D eigenvalue weighted by Gasteiger charge is -2.15. The number of aryl methyl sites for hydroxylation is 1. The van der Waals surface area contributed by atoms with Crippen molar-refractivity contribution in [2.75, 3.05) is 7.05 Å². The first-order valence-corrected chi connectivity index (χ1v) is 8.77. The first-order valence-electron chi connectivity index (χ1n) is 7.54. The van der Waals surface area contributed by atoms with E-state index in [1.165, 1.54) is 11.3 Å². The number of rotatable bonds is 5. The largest absolute Gasteiger partial charge is 0.341 e. The number of H-pyrrole nitrogens is 1. The Balaban J connectivity index is 1.65. The van der Waals surface area contributed by atoms with Gasteiger partial charge in [0.2, 0.25) is 5.91 Å². The van der Waals surface area contributed by atoms with Crippen molar-refractivity contribution in [1.29, 1.82) is 0 Å². The minimum atomic E-state index is 0.0656. The van der Waals surface area contributed by atoms with Crippen LogP contribution in [-0.4, -0.2) is 32.6 Å². The fourth-order valence-electron chi connectivity index (χ4n) is 2.40. The Morgan fingerprint density at radius 2 is 2.12 bits per heavy atom. The molecule has 3 aromatic rings. The zero-order valence-electron chi connectivity index (χ0n) is 13.5. The summed E-state index contributed by atoms with van der Waals surface area (Å²) in [6, 6.07) is 9.90. The van der Waals surface area contributed by atoms with Gasteiger partial charge in [-0.2, -0.15) is 5.10 Å². The van der Waals surface area contributed by atoms with E-state index in [0.29, 0.717) is 16.9 Å². The molecule has 0 aliphatic heterocycles. The highest BCUT2D eigenvalue weighted by Crippen LogP contribution is 2.16. The van der Waals surface area contributed by atoms with Crippen LogP contribution in [0.2, 0.25) is 0 Å². The van der Waals surface area contributed by atoms with Crippen LogP contribution in [0.15, 0.2) is 42.7 Å². The molecule has 7 heteroatoms. The second-order valence-electron chi connectivity index (χ2n) is 5.62. The molecule has 5 nitrogen and oxygen atoms in total. The predicted molar refractivity (Wildman–Crippen MR) is 98.0 cm³/mol. The van der Waals surface area contributed by atoms with Crippen LogP contribution >= 0.6 is 23.6 Å². The molecule has 0 radical (unpaired) electrons. The van der Waals surface area contributed by atoms with Crippen LogP contribution in [-0.2, 0) is 17.8 Å². The number of para-hydroxylation sites is 1. The van der Waals surface area contributed by atoms with E-state index < -0.39 is 0 Å². The minimum Gasteiger partial charge on any atom is -0.341 e. The van der Waals surface area contributed by atoms with Gasteiger partial charge in [-0.15, -0.1) is 11.3 Å². The zero-order chi connectivity index (χ0) is 17.1. The van der Waals surface area contributed by atoms with E-state index in [9.17, 15) is 4.79 Å². The molecule has 0 saturated heterocycles. The second-order valence-corrected chi connectivity index (χ2v) is 7.39. The van der Waals surface area contributed by atoms with Gasteiger partial charge in [-0.05, 0) is 31.3 Å². The molecular formula is C17H18N4OS2. The lowest BCUT2D eigenvalue weighted by atomic mass is 10.2. The van der Waals surface area contributed by atoms with Crippen LogP contribution in [0.25, 0.3) is 5.69 Å². The summed E-state index contributed by atoms with van der Waals surface area (Å²) in [4.78, 5) is 18.2. The molecule has 3 rings (SSSR count). The van der Waals surface area contributed by atoms with E-state index in [0.717, 1.165) is 21.8 Å². The van der Waals surface area contributed by atoms with Crippen molar-refractivity contribution in [2.45, 2.75) is 19.9 Å². The molecule has 24 heavy (non-hydrogen) atoms. The molecule has 0 saturated carbocycles. The maximum Gasteiger partial charge on any atom is 0.227 e. The van der Waals surface area contributed by atoms with Gasteiger partial charge in [0.15, 0.2) is 3.95 Å². The van der Waals surface area contributed by atoms with E-state index in [4.69, 9.17) is 12.2 Å². The van der Waals surface area contributed by atoms with Gasteiger partial charge in [0.05, 0.1) is 18.3 Å². The van der Waals surface area contributed by atoms with Gasteiger partial charge in [0, 0.05) is 35.9 Å². The van der Waals surface area contributed by atoms with Gasteiger partial charge in [-0.3, -0.25) is 4.79 Å². The van der Waals surface area contributed by atoms with E-state index in [2.05, 4.69) is 10.1 Å². The van der Waals surface area contributed by atoms with Crippen LogP contribution in [0, 0.1) is 10.9 Å². The van der Waals surface area contributed by atoms with Crippen molar-refractivity contribution in [3.63, 3.8) is 0 Å². The number of aromatic amines is 1. The molecule has 1 amide bonds.